The summed E-state index contributed by atoms with van der Waals surface area (Å²) in [5.41, 5.74) is 12.9. The zero-order chi connectivity index (χ0) is 19.8. The molecule has 5 heteroatoms. The molecular weight excluding hydrogens is 366 g/mol. The predicted octanol–water partition coefficient (Wildman–Crippen LogP) is 5.72. The molecule has 140 valence electrons. The molecule has 0 aliphatic rings. The Morgan fingerprint density at radius 3 is 2.50 bits per heavy atom. The molecule has 0 bridgehead atoms. The summed E-state index contributed by atoms with van der Waals surface area (Å²) in [6.45, 7) is 6.07. The van der Waals surface area contributed by atoms with Crippen molar-refractivity contribution in [2.24, 2.45) is 0 Å². The zero-order valence-electron chi connectivity index (χ0n) is 16.0. The standard InChI is InChI=1S/C23H21N3OS/c1-13-7-9-16(10-8-13)19-12-11-17-20(24)21(28-23(17)26-19)22(27)25-18-6-4-5-14(2)15(18)3/h4-12H,24H2,1-3H3,(H,25,27). The Balaban J connectivity index is 1.69. The maximum absolute atomic E-state index is 12.9. The summed E-state index contributed by atoms with van der Waals surface area (Å²) in [5, 5.41) is 3.80. The summed E-state index contributed by atoms with van der Waals surface area (Å²) in [7, 11) is 0. The van der Waals surface area contributed by atoms with Gasteiger partial charge in [0.25, 0.3) is 5.91 Å². The number of aromatic nitrogens is 1. The average Bonchev–Trinajstić information content (AvgIpc) is 3.02. The lowest BCUT2D eigenvalue weighted by Crippen LogP contribution is -2.13. The molecular formula is C23H21N3OS. The number of pyridine rings is 1. The molecule has 2 aromatic carbocycles. The number of benzene rings is 2. The average molecular weight is 388 g/mol. The number of fused-ring (bicyclic) bond motifs is 1. The Morgan fingerprint density at radius 1 is 1.00 bits per heavy atom. The third kappa shape index (κ3) is 3.25. The van der Waals surface area contributed by atoms with Crippen molar-refractivity contribution in [2.75, 3.05) is 11.1 Å². The van der Waals surface area contributed by atoms with Gasteiger partial charge in [0.15, 0.2) is 0 Å². The summed E-state index contributed by atoms with van der Waals surface area (Å²) in [5.74, 6) is -0.203. The third-order valence-electron chi connectivity index (χ3n) is 5.00. The summed E-state index contributed by atoms with van der Waals surface area (Å²) >= 11 is 1.33. The topological polar surface area (TPSA) is 68.0 Å². The fourth-order valence-electron chi connectivity index (χ4n) is 3.12. The number of anilines is 2. The number of nitrogens with two attached hydrogens (primary N) is 1. The molecule has 4 rings (SSSR count). The van der Waals surface area contributed by atoms with Crippen LogP contribution in [0.15, 0.2) is 54.6 Å². The molecule has 3 N–H and O–H groups in total. The van der Waals surface area contributed by atoms with Crippen molar-refractivity contribution in [1.82, 2.24) is 4.98 Å². The second kappa shape index (κ2) is 7.09. The molecule has 0 saturated carbocycles. The van der Waals surface area contributed by atoms with Crippen LogP contribution in [0.2, 0.25) is 0 Å². The molecule has 0 saturated heterocycles. The number of carbonyl (C=O) groups is 1. The van der Waals surface area contributed by atoms with E-state index in [1.807, 2.05) is 44.2 Å². The van der Waals surface area contributed by atoms with Gasteiger partial charge in [-0.2, -0.15) is 0 Å². The van der Waals surface area contributed by atoms with Gasteiger partial charge in [0.2, 0.25) is 0 Å². The molecule has 4 nitrogen and oxygen atoms in total. The molecule has 2 heterocycles. The van der Waals surface area contributed by atoms with Gasteiger partial charge in [0.05, 0.1) is 11.4 Å². The van der Waals surface area contributed by atoms with E-state index >= 15 is 0 Å². The Bertz CT molecular complexity index is 1190. The summed E-state index contributed by atoms with van der Waals surface area (Å²) in [4.78, 5) is 18.8. The predicted molar refractivity (Wildman–Crippen MR) is 118 cm³/mol. The maximum atomic E-state index is 12.9. The van der Waals surface area contributed by atoms with Crippen LogP contribution in [0, 0.1) is 20.8 Å². The zero-order valence-corrected chi connectivity index (χ0v) is 16.9. The van der Waals surface area contributed by atoms with E-state index in [2.05, 4.69) is 36.5 Å². The van der Waals surface area contributed by atoms with Crippen LogP contribution in [-0.2, 0) is 0 Å². The van der Waals surface area contributed by atoms with E-state index in [1.54, 1.807) is 0 Å². The van der Waals surface area contributed by atoms with Crippen molar-refractivity contribution >= 4 is 38.8 Å². The van der Waals surface area contributed by atoms with Crippen LogP contribution in [0.5, 0.6) is 0 Å². The second-order valence-corrected chi connectivity index (χ2v) is 7.96. The minimum Gasteiger partial charge on any atom is -0.397 e. The van der Waals surface area contributed by atoms with E-state index in [4.69, 9.17) is 10.7 Å². The molecule has 0 aliphatic carbocycles. The highest BCUT2D eigenvalue weighted by molar-refractivity contribution is 7.21. The monoisotopic (exact) mass is 387 g/mol. The number of thiophene rings is 1. The first-order valence-corrected chi connectivity index (χ1v) is 9.89. The molecule has 0 spiro atoms. The first-order valence-electron chi connectivity index (χ1n) is 9.07. The second-order valence-electron chi connectivity index (χ2n) is 6.96. The first kappa shape index (κ1) is 18.2. The highest BCUT2D eigenvalue weighted by atomic mass is 32.1. The van der Waals surface area contributed by atoms with E-state index in [1.165, 1.54) is 16.9 Å². The molecule has 0 atom stereocenters. The molecule has 0 radical (unpaired) electrons. The lowest BCUT2D eigenvalue weighted by Gasteiger charge is -2.09. The summed E-state index contributed by atoms with van der Waals surface area (Å²) in [6, 6.07) is 18.0. The Hall–Kier alpha value is -3.18. The Morgan fingerprint density at radius 2 is 1.75 bits per heavy atom. The van der Waals surface area contributed by atoms with Crippen LogP contribution in [0.4, 0.5) is 11.4 Å². The number of nitrogen functional groups attached to an aromatic ring is 1. The van der Waals surface area contributed by atoms with Crippen molar-refractivity contribution in [2.45, 2.75) is 20.8 Å². The normalized spacial score (nSPS) is 11.0. The molecule has 0 aliphatic heterocycles. The smallest absolute Gasteiger partial charge is 0.267 e. The molecule has 4 aromatic rings. The van der Waals surface area contributed by atoms with Gasteiger partial charge in [0, 0.05) is 16.6 Å². The van der Waals surface area contributed by atoms with E-state index in [9.17, 15) is 4.79 Å². The van der Waals surface area contributed by atoms with Gasteiger partial charge in [-0.25, -0.2) is 4.98 Å². The number of nitrogens with zero attached hydrogens (tertiary/aromatic N) is 1. The lowest BCUT2D eigenvalue weighted by molar-refractivity contribution is 0.103. The van der Waals surface area contributed by atoms with Crippen molar-refractivity contribution < 1.29 is 4.79 Å². The van der Waals surface area contributed by atoms with Gasteiger partial charge in [-0.3, -0.25) is 4.79 Å². The first-order chi connectivity index (χ1) is 13.4. The number of nitrogens with one attached hydrogen (secondary N) is 1. The number of hydrogen-bond donors (Lipinski definition) is 2. The van der Waals surface area contributed by atoms with Crippen molar-refractivity contribution in [1.29, 1.82) is 0 Å². The summed E-state index contributed by atoms with van der Waals surface area (Å²) in [6.07, 6.45) is 0. The fraction of sp³-hybridized carbons (Fsp3) is 0.130. The van der Waals surface area contributed by atoms with Crippen molar-refractivity contribution in [3.05, 3.63) is 76.2 Å². The molecule has 0 fully saturated rings. The van der Waals surface area contributed by atoms with E-state index in [0.29, 0.717) is 10.6 Å². The van der Waals surface area contributed by atoms with Gasteiger partial charge in [-0.15, -0.1) is 11.3 Å². The minimum absolute atomic E-state index is 0.203. The van der Waals surface area contributed by atoms with Crippen molar-refractivity contribution in [3.8, 4) is 11.3 Å². The van der Waals surface area contributed by atoms with E-state index in [-0.39, 0.29) is 5.91 Å². The van der Waals surface area contributed by atoms with E-state index in [0.717, 1.165) is 38.3 Å². The van der Waals surface area contributed by atoms with Crippen LogP contribution in [0.3, 0.4) is 0 Å². The Labute approximate surface area is 168 Å². The van der Waals surface area contributed by atoms with Gasteiger partial charge in [-0.1, -0.05) is 42.0 Å². The maximum Gasteiger partial charge on any atom is 0.267 e. The number of amides is 1. The number of aryl methyl sites for hydroxylation is 2. The van der Waals surface area contributed by atoms with Gasteiger partial charge >= 0.3 is 0 Å². The molecule has 2 aromatic heterocycles. The number of hydrogen-bond acceptors (Lipinski definition) is 4. The summed E-state index contributed by atoms with van der Waals surface area (Å²) < 4.78 is 0. The van der Waals surface area contributed by atoms with Crippen LogP contribution in [-0.4, -0.2) is 10.9 Å². The SMILES string of the molecule is Cc1ccc(-c2ccc3c(N)c(C(=O)Nc4cccc(C)c4C)sc3n2)cc1. The highest BCUT2D eigenvalue weighted by Crippen LogP contribution is 2.35. The fourth-order valence-corrected chi connectivity index (χ4v) is 4.11. The molecule has 1 amide bonds. The third-order valence-corrected chi connectivity index (χ3v) is 6.11. The highest BCUT2D eigenvalue weighted by Gasteiger charge is 2.18. The van der Waals surface area contributed by atoms with Crippen LogP contribution in [0.1, 0.15) is 26.4 Å². The van der Waals surface area contributed by atoms with Crippen LogP contribution in [0.25, 0.3) is 21.5 Å². The van der Waals surface area contributed by atoms with Gasteiger partial charge < -0.3 is 11.1 Å². The molecule has 28 heavy (non-hydrogen) atoms. The number of carbonyl (C=O) groups excluding carboxylic acids is 1. The van der Waals surface area contributed by atoms with Gasteiger partial charge in [0.1, 0.15) is 9.71 Å². The quantitative estimate of drug-likeness (QED) is 0.472. The minimum atomic E-state index is -0.203. The van der Waals surface area contributed by atoms with E-state index < -0.39 is 0 Å². The largest absolute Gasteiger partial charge is 0.397 e. The lowest BCUT2D eigenvalue weighted by atomic mass is 10.1. The number of rotatable bonds is 3. The van der Waals surface area contributed by atoms with Gasteiger partial charge in [-0.05, 0) is 50.1 Å². The van der Waals surface area contributed by atoms with Crippen LogP contribution < -0.4 is 11.1 Å². The van der Waals surface area contributed by atoms with Crippen molar-refractivity contribution in [3.63, 3.8) is 0 Å². The Kier molecular flexibility index (Phi) is 4.61. The van der Waals surface area contributed by atoms with Crippen LogP contribution >= 0.6 is 11.3 Å². The molecule has 0 unspecified atom stereocenters.